The van der Waals surface area contributed by atoms with Crippen molar-refractivity contribution in [3.63, 3.8) is 0 Å². The van der Waals surface area contributed by atoms with Crippen LogP contribution in [0.2, 0.25) is 0 Å². The van der Waals surface area contributed by atoms with Crippen LogP contribution in [0.4, 0.5) is 0 Å². The molecule has 0 amide bonds. The van der Waals surface area contributed by atoms with Gasteiger partial charge < -0.3 is 4.74 Å². The zero-order valence-electron chi connectivity index (χ0n) is 9.32. The second-order valence-corrected chi connectivity index (χ2v) is 4.20. The van der Waals surface area contributed by atoms with Gasteiger partial charge >= 0.3 is 5.97 Å². The second kappa shape index (κ2) is 5.82. The van der Waals surface area contributed by atoms with E-state index in [1.807, 2.05) is 24.1 Å². The molecule has 0 aliphatic rings. The average Bonchev–Trinajstić information content (AvgIpc) is 2.62. The van der Waals surface area contributed by atoms with Crippen molar-refractivity contribution in [1.82, 2.24) is 9.88 Å². The molecule has 15 heavy (non-hydrogen) atoms. The van der Waals surface area contributed by atoms with Gasteiger partial charge in [0.05, 0.1) is 20.2 Å². The van der Waals surface area contributed by atoms with E-state index in [9.17, 15) is 4.79 Å². The van der Waals surface area contributed by atoms with Gasteiger partial charge in [-0.1, -0.05) is 6.92 Å². The minimum Gasteiger partial charge on any atom is -0.468 e. The summed E-state index contributed by atoms with van der Waals surface area (Å²) in [6, 6.07) is 0. The average molecular weight is 228 g/mol. The predicted octanol–water partition coefficient (Wildman–Crippen LogP) is 1.45. The normalized spacial score (nSPS) is 10.7. The van der Waals surface area contributed by atoms with Gasteiger partial charge in [-0.15, -0.1) is 11.3 Å². The van der Waals surface area contributed by atoms with Gasteiger partial charge in [0.1, 0.15) is 5.01 Å². The van der Waals surface area contributed by atoms with Crippen LogP contribution in [0.5, 0.6) is 0 Å². The molecule has 84 valence electrons. The summed E-state index contributed by atoms with van der Waals surface area (Å²) in [5.74, 6) is -0.204. The van der Waals surface area contributed by atoms with E-state index in [0.29, 0.717) is 13.1 Å². The lowest BCUT2D eigenvalue weighted by molar-refractivity contribution is -0.142. The molecule has 0 aliphatic heterocycles. The zero-order valence-corrected chi connectivity index (χ0v) is 10.1. The van der Waals surface area contributed by atoms with E-state index in [0.717, 1.165) is 17.2 Å². The minimum atomic E-state index is -0.204. The molecule has 0 spiro atoms. The first-order chi connectivity index (χ1) is 7.15. The van der Waals surface area contributed by atoms with Crippen LogP contribution in [0, 0.1) is 6.92 Å². The van der Waals surface area contributed by atoms with Gasteiger partial charge in [-0.05, 0) is 13.5 Å². The molecule has 0 saturated carbocycles. The Morgan fingerprint density at radius 3 is 2.87 bits per heavy atom. The lowest BCUT2D eigenvalue weighted by Crippen LogP contribution is -2.29. The summed E-state index contributed by atoms with van der Waals surface area (Å²) >= 11 is 1.62. The van der Waals surface area contributed by atoms with Crippen LogP contribution in [0.15, 0.2) is 5.38 Å². The smallest absolute Gasteiger partial charge is 0.319 e. The van der Waals surface area contributed by atoms with E-state index in [1.165, 1.54) is 7.11 Å². The summed E-state index contributed by atoms with van der Waals surface area (Å²) in [5.41, 5.74) is 1.03. The number of esters is 1. The summed E-state index contributed by atoms with van der Waals surface area (Å²) in [5, 5.41) is 3.06. The van der Waals surface area contributed by atoms with Crippen molar-refractivity contribution in [2.75, 3.05) is 20.2 Å². The van der Waals surface area contributed by atoms with Crippen molar-refractivity contribution in [1.29, 1.82) is 0 Å². The van der Waals surface area contributed by atoms with Crippen molar-refractivity contribution >= 4 is 17.3 Å². The van der Waals surface area contributed by atoms with Crippen LogP contribution in [0.25, 0.3) is 0 Å². The molecule has 0 atom stereocenters. The van der Waals surface area contributed by atoms with Crippen molar-refractivity contribution in [3.05, 3.63) is 16.1 Å². The van der Waals surface area contributed by atoms with E-state index >= 15 is 0 Å². The highest BCUT2D eigenvalue weighted by Gasteiger charge is 2.11. The molecule has 0 unspecified atom stereocenters. The summed E-state index contributed by atoms with van der Waals surface area (Å²) in [4.78, 5) is 17.5. The van der Waals surface area contributed by atoms with Crippen molar-refractivity contribution in [2.45, 2.75) is 20.4 Å². The molecule has 1 aromatic rings. The largest absolute Gasteiger partial charge is 0.468 e. The molecule has 0 bridgehead atoms. The third-order valence-corrected chi connectivity index (χ3v) is 3.00. The molecule has 0 N–H and O–H groups in total. The van der Waals surface area contributed by atoms with Gasteiger partial charge in [0.25, 0.3) is 0 Å². The maximum Gasteiger partial charge on any atom is 0.319 e. The molecule has 5 heteroatoms. The van der Waals surface area contributed by atoms with Crippen molar-refractivity contribution in [2.24, 2.45) is 0 Å². The number of ether oxygens (including phenoxy) is 1. The molecule has 0 aliphatic carbocycles. The maximum absolute atomic E-state index is 11.1. The van der Waals surface area contributed by atoms with E-state index in [-0.39, 0.29) is 5.97 Å². The molecule has 1 aromatic heterocycles. The fraction of sp³-hybridized carbons (Fsp3) is 0.600. The Morgan fingerprint density at radius 2 is 2.40 bits per heavy atom. The number of nitrogens with zero attached hydrogens (tertiary/aromatic N) is 2. The zero-order chi connectivity index (χ0) is 11.3. The standard InChI is InChI=1S/C10H16N2O2S/c1-4-12(6-10(13)14-3)5-9-11-8(2)7-15-9/h7H,4-6H2,1-3H3. The van der Waals surface area contributed by atoms with Gasteiger partial charge in [0.15, 0.2) is 0 Å². The quantitative estimate of drug-likeness (QED) is 0.715. The Bertz CT molecular complexity index is 325. The highest BCUT2D eigenvalue weighted by Crippen LogP contribution is 2.11. The lowest BCUT2D eigenvalue weighted by Gasteiger charge is -2.16. The molecule has 0 fully saturated rings. The predicted molar refractivity (Wildman–Crippen MR) is 59.8 cm³/mol. The minimum absolute atomic E-state index is 0.204. The first kappa shape index (κ1) is 12.1. The van der Waals surface area contributed by atoms with Gasteiger partial charge in [-0.3, -0.25) is 9.69 Å². The number of thiazole rings is 1. The van der Waals surface area contributed by atoms with Crippen LogP contribution in [-0.2, 0) is 16.1 Å². The second-order valence-electron chi connectivity index (χ2n) is 3.26. The Hall–Kier alpha value is -0.940. The van der Waals surface area contributed by atoms with Gasteiger partial charge in [-0.25, -0.2) is 4.98 Å². The summed E-state index contributed by atoms with van der Waals surface area (Å²) < 4.78 is 4.63. The molecule has 4 nitrogen and oxygen atoms in total. The Balaban J connectivity index is 2.50. The first-order valence-electron chi connectivity index (χ1n) is 4.86. The lowest BCUT2D eigenvalue weighted by atomic mass is 10.4. The summed E-state index contributed by atoms with van der Waals surface area (Å²) in [6.07, 6.45) is 0. The highest BCUT2D eigenvalue weighted by molar-refractivity contribution is 7.09. The molecular weight excluding hydrogens is 212 g/mol. The number of rotatable bonds is 5. The number of hydrogen-bond acceptors (Lipinski definition) is 5. The highest BCUT2D eigenvalue weighted by atomic mass is 32.1. The molecule has 0 saturated heterocycles. The third-order valence-electron chi connectivity index (χ3n) is 2.05. The number of carbonyl (C=O) groups excluding carboxylic acids is 1. The van der Waals surface area contributed by atoms with Crippen LogP contribution in [0.3, 0.4) is 0 Å². The van der Waals surface area contributed by atoms with Crippen LogP contribution >= 0.6 is 11.3 Å². The molecule has 1 heterocycles. The molecular formula is C10H16N2O2S. The van der Waals surface area contributed by atoms with E-state index in [2.05, 4.69) is 9.72 Å². The SMILES string of the molecule is CCN(CC(=O)OC)Cc1nc(C)cs1. The Morgan fingerprint density at radius 1 is 1.67 bits per heavy atom. The van der Waals surface area contributed by atoms with Crippen LogP contribution < -0.4 is 0 Å². The summed E-state index contributed by atoms with van der Waals surface area (Å²) in [7, 11) is 1.41. The van der Waals surface area contributed by atoms with E-state index in [4.69, 9.17) is 0 Å². The van der Waals surface area contributed by atoms with E-state index in [1.54, 1.807) is 11.3 Å². The van der Waals surface area contributed by atoms with Crippen molar-refractivity contribution in [3.8, 4) is 0 Å². The number of methoxy groups -OCH3 is 1. The third kappa shape index (κ3) is 3.97. The fourth-order valence-corrected chi connectivity index (χ4v) is 2.01. The number of aromatic nitrogens is 1. The first-order valence-corrected chi connectivity index (χ1v) is 5.73. The number of aryl methyl sites for hydroxylation is 1. The molecule has 0 radical (unpaired) electrons. The summed E-state index contributed by atoms with van der Waals surface area (Å²) in [6.45, 7) is 5.84. The maximum atomic E-state index is 11.1. The molecule has 0 aromatic carbocycles. The Kier molecular flexibility index (Phi) is 4.71. The fourth-order valence-electron chi connectivity index (χ4n) is 1.19. The van der Waals surface area contributed by atoms with Crippen LogP contribution in [-0.4, -0.2) is 36.1 Å². The Labute approximate surface area is 93.9 Å². The topological polar surface area (TPSA) is 42.4 Å². The van der Waals surface area contributed by atoms with Gasteiger partial charge in [-0.2, -0.15) is 0 Å². The number of carbonyl (C=O) groups is 1. The van der Waals surface area contributed by atoms with Gasteiger partial charge in [0, 0.05) is 11.1 Å². The number of likely N-dealkylation sites (N-methyl/N-ethyl adjacent to an activating group) is 1. The number of hydrogen-bond donors (Lipinski definition) is 0. The molecule has 1 rings (SSSR count). The monoisotopic (exact) mass is 228 g/mol. The van der Waals surface area contributed by atoms with Crippen LogP contribution in [0.1, 0.15) is 17.6 Å². The van der Waals surface area contributed by atoms with Gasteiger partial charge in [0.2, 0.25) is 0 Å². The van der Waals surface area contributed by atoms with Crippen molar-refractivity contribution < 1.29 is 9.53 Å². The van der Waals surface area contributed by atoms with E-state index < -0.39 is 0 Å².